The molecule has 34 heavy (non-hydrogen) atoms. The third kappa shape index (κ3) is 4.64. The van der Waals surface area contributed by atoms with Gasteiger partial charge in [-0.1, -0.05) is 50.6 Å². The van der Waals surface area contributed by atoms with E-state index in [0.717, 1.165) is 42.4 Å². The quantitative estimate of drug-likeness (QED) is 0.305. The second-order valence-electron chi connectivity index (χ2n) is 12.4. The molecule has 0 aliphatic heterocycles. The molecule has 0 unspecified atom stereocenters. The van der Waals surface area contributed by atoms with Crippen LogP contribution in [0.2, 0.25) is 0 Å². The molecule has 4 N–H and O–H groups in total. The Morgan fingerprint density at radius 1 is 1.03 bits per heavy atom. The maximum absolute atomic E-state index is 11.3. The Hall–Kier alpha value is -1.20. The summed E-state index contributed by atoms with van der Waals surface area (Å²) in [5, 5.41) is 42.7. The molecule has 3 aliphatic carbocycles. The van der Waals surface area contributed by atoms with Gasteiger partial charge in [-0.05, 0) is 106 Å². The van der Waals surface area contributed by atoms with Gasteiger partial charge in [-0.2, -0.15) is 0 Å². The summed E-state index contributed by atoms with van der Waals surface area (Å²) in [4.78, 5) is 0. The first-order valence-corrected chi connectivity index (χ1v) is 13.2. The minimum absolute atomic E-state index is 0.00995. The summed E-state index contributed by atoms with van der Waals surface area (Å²) < 4.78 is 0. The largest absolute Gasteiger partial charge is 0.396 e. The van der Waals surface area contributed by atoms with Crippen molar-refractivity contribution >= 4 is 0 Å². The standard InChI is InChI=1S/C30H48O4/c1-19(2)11-12-22(32)20(3)9-8-10-21(4)27-23(33)17-25-28(5)16-14-26(34)30(7,18-31)24(28)13-15-29(25,27)6/h8-11,22-26,31-34H,12-18H2,1-7H3/b10-8+,20-9+,27-21+/t22-,23-,24+,25-,26+,28-,29-,30+/m0/s1. The third-order valence-corrected chi connectivity index (χ3v) is 9.98. The number of hydrogen-bond donors (Lipinski definition) is 4. The molecule has 0 spiro atoms. The number of fused-ring (bicyclic) bond motifs is 3. The van der Waals surface area contributed by atoms with Crippen LogP contribution < -0.4 is 0 Å². The summed E-state index contributed by atoms with van der Waals surface area (Å²) in [6, 6.07) is 0. The average molecular weight is 473 g/mol. The maximum atomic E-state index is 11.3. The summed E-state index contributed by atoms with van der Waals surface area (Å²) >= 11 is 0. The minimum Gasteiger partial charge on any atom is -0.396 e. The predicted octanol–water partition coefficient (Wildman–Crippen LogP) is 5.48. The van der Waals surface area contributed by atoms with Gasteiger partial charge in [0.1, 0.15) is 0 Å². The summed E-state index contributed by atoms with van der Waals surface area (Å²) in [5.74, 6) is 0.579. The van der Waals surface area contributed by atoms with Crippen LogP contribution in [-0.4, -0.2) is 45.3 Å². The molecule has 3 fully saturated rings. The zero-order valence-electron chi connectivity index (χ0n) is 22.4. The van der Waals surface area contributed by atoms with Gasteiger partial charge in [0.05, 0.1) is 24.9 Å². The van der Waals surface area contributed by atoms with E-state index in [1.165, 1.54) is 5.57 Å². The van der Waals surface area contributed by atoms with Crippen molar-refractivity contribution in [2.45, 2.75) is 105 Å². The zero-order valence-corrected chi connectivity index (χ0v) is 22.4. The molecular weight excluding hydrogens is 424 g/mol. The number of aliphatic hydroxyl groups excluding tert-OH is 4. The van der Waals surface area contributed by atoms with Crippen LogP contribution in [0.1, 0.15) is 87.0 Å². The molecule has 0 radical (unpaired) electrons. The fourth-order valence-corrected chi connectivity index (χ4v) is 7.94. The van der Waals surface area contributed by atoms with Crippen LogP contribution in [0.3, 0.4) is 0 Å². The second-order valence-corrected chi connectivity index (χ2v) is 12.4. The monoisotopic (exact) mass is 472 g/mol. The molecule has 192 valence electrons. The van der Waals surface area contributed by atoms with E-state index in [2.05, 4.69) is 39.8 Å². The van der Waals surface area contributed by atoms with Gasteiger partial charge in [0.25, 0.3) is 0 Å². The van der Waals surface area contributed by atoms with Gasteiger partial charge < -0.3 is 20.4 Å². The van der Waals surface area contributed by atoms with Crippen LogP contribution in [0.4, 0.5) is 0 Å². The van der Waals surface area contributed by atoms with E-state index >= 15 is 0 Å². The summed E-state index contributed by atoms with van der Waals surface area (Å²) in [5.41, 5.74) is 3.83. The molecule has 3 aliphatic rings. The van der Waals surface area contributed by atoms with E-state index in [9.17, 15) is 20.4 Å². The Balaban J connectivity index is 1.87. The molecule has 0 aromatic carbocycles. The van der Waals surface area contributed by atoms with Crippen molar-refractivity contribution in [2.75, 3.05) is 6.61 Å². The molecule has 4 nitrogen and oxygen atoms in total. The van der Waals surface area contributed by atoms with E-state index in [4.69, 9.17) is 0 Å². The van der Waals surface area contributed by atoms with Crippen LogP contribution >= 0.6 is 0 Å². The lowest BCUT2D eigenvalue weighted by molar-refractivity contribution is -0.179. The van der Waals surface area contributed by atoms with Gasteiger partial charge in [-0.3, -0.25) is 0 Å². The van der Waals surface area contributed by atoms with Crippen LogP contribution in [0, 0.1) is 28.1 Å². The molecule has 0 bridgehead atoms. The Bertz CT molecular complexity index is 878. The lowest BCUT2D eigenvalue weighted by Crippen LogP contribution is -2.59. The van der Waals surface area contributed by atoms with Gasteiger partial charge in [-0.15, -0.1) is 0 Å². The molecule has 8 atom stereocenters. The summed E-state index contributed by atoms with van der Waals surface area (Å²) in [7, 11) is 0. The lowest BCUT2D eigenvalue weighted by atomic mass is 9.43. The highest BCUT2D eigenvalue weighted by molar-refractivity contribution is 5.39. The van der Waals surface area contributed by atoms with Crippen molar-refractivity contribution in [1.82, 2.24) is 0 Å². The molecule has 4 heteroatoms. The van der Waals surface area contributed by atoms with Gasteiger partial charge in [0.15, 0.2) is 0 Å². The highest BCUT2D eigenvalue weighted by Gasteiger charge is 2.65. The van der Waals surface area contributed by atoms with E-state index in [1.54, 1.807) is 0 Å². The topological polar surface area (TPSA) is 80.9 Å². The molecule has 0 saturated heterocycles. The fourth-order valence-electron chi connectivity index (χ4n) is 7.94. The number of aliphatic hydroxyl groups is 4. The highest BCUT2D eigenvalue weighted by atomic mass is 16.3. The summed E-state index contributed by atoms with van der Waals surface area (Å²) in [6.07, 6.45) is 11.6. The first-order valence-electron chi connectivity index (χ1n) is 13.2. The van der Waals surface area contributed by atoms with Gasteiger partial charge in [0.2, 0.25) is 0 Å². The molecule has 0 aromatic rings. The normalized spacial score (nSPS) is 42.9. The molecule has 3 saturated carbocycles. The van der Waals surface area contributed by atoms with Crippen molar-refractivity contribution < 1.29 is 20.4 Å². The van der Waals surface area contributed by atoms with Crippen LogP contribution in [0.25, 0.3) is 0 Å². The smallest absolute Gasteiger partial charge is 0.0784 e. The van der Waals surface area contributed by atoms with E-state index in [0.29, 0.717) is 18.8 Å². The Morgan fingerprint density at radius 3 is 2.32 bits per heavy atom. The van der Waals surface area contributed by atoms with Gasteiger partial charge >= 0.3 is 0 Å². The fraction of sp³-hybridized carbons (Fsp3) is 0.733. The molecule has 3 rings (SSSR count). The molecule has 0 aromatic heterocycles. The SMILES string of the molecule is CC(C)=CC[C@H](O)/C(C)=C/C=C/C(C)=C1\[C@@H](O)C[C@H]2[C@@]3(C)CC[C@@H](O)[C@](C)(CO)[C@@H]3CC[C@]12C. The highest BCUT2D eigenvalue weighted by Crippen LogP contribution is 2.69. The summed E-state index contributed by atoms with van der Waals surface area (Å²) in [6.45, 7) is 14.9. The zero-order chi connectivity index (χ0) is 25.5. The van der Waals surface area contributed by atoms with Crippen molar-refractivity contribution in [2.24, 2.45) is 28.1 Å². The number of rotatable bonds is 6. The first-order chi connectivity index (χ1) is 15.8. The van der Waals surface area contributed by atoms with Gasteiger partial charge in [0, 0.05) is 5.41 Å². The van der Waals surface area contributed by atoms with Crippen LogP contribution in [0.15, 0.2) is 46.6 Å². The Morgan fingerprint density at radius 2 is 1.71 bits per heavy atom. The second kappa shape index (κ2) is 10.0. The Kier molecular flexibility index (Phi) is 8.09. The van der Waals surface area contributed by atoms with E-state index < -0.39 is 23.7 Å². The lowest BCUT2D eigenvalue weighted by Gasteiger charge is -2.62. The van der Waals surface area contributed by atoms with E-state index in [-0.39, 0.29) is 23.4 Å². The van der Waals surface area contributed by atoms with Crippen LogP contribution in [-0.2, 0) is 0 Å². The van der Waals surface area contributed by atoms with Gasteiger partial charge in [-0.25, -0.2) is 0 Å². The number of allylic oxidation sites excluding steroid dienone is 5. The van der Waals surface area contributed by atoms with Crippen molar-refractivity contribution in [3.05, 3.63) is 46.6 Å². The van der Waals surface area contributed by atoms with E-state index in [1.807, 2.05) is 32.9 Å². The van der Waals surface area contributed by atoms with Crippen molar-refractivity contribution in [3.8, 4) is 0 Å². The molecule has 0 heterocycles. The first kappa shape index (κ1) is 27.4. The molecule has 0 amide bonds. The Labute approximate surface area is 207 Å². The molecular formula is C30H48O4. The van der Waals surface area contributed by atoms with Crippen molar-refractivity contribution in [3.63, 3.8) is 0 Å². The number of hydrogen-bond acceptors (Lipinski definition) is 4. The van der Waals surface area contributed by atoms with Crippen LogP contribution in [0.5, 0.6) is 0 Å². The average Bonchev–Trinajstić information content (AvgIpc) is 3.06. The maximum Gasteiger partial charge on any atom is 0.0784 e. The predicted molar refractivity (Wildman–Crippen MR) is 139 cm³/mol. The minimum atomic E-state index is -0.482. The van der Waals surface area contributed by atoms with Crippen molar-refractivity contribution in [1.29, 1.82) is 0 Å². The third-order valence-electron chi connectivity index (χ3n) is 9.98.